The average Bonchev–Trinajstić information content (AvgIpc) is 2.88. The van der Waals surface area contributed by atoms with Gasteiger partial charge in [-0.1, -0.05) is 11.6 Å². The van der Waals surface area contributed by atoms with Gasteiger partial charge in [0.2, 0.25) is 5.95 Å². The maximum atomic E-state index is 13.0. The van der Waals surface area contributed by atoms with Crippen molar-refractivity contribution < 1.29 is 19.4 Å². The number of nitrogens with zero attached hydrogens (tertiary/aromatic N) is 4. The van der Waals surface area contributed by atoms with E-state index in [0.29, 0.717) is 53.9 Å². The molecule has 2 aromatic heterocycles. The van der Waals surface area contributed by atoms with Crippen LogP contribution in [0.2, 0.25) is 5.02 Å². The Morgan fingerprint density at radius 3 is 2.62 bits per heavy atom. The Hall–Kier alpha value is -3.86. The summed E-state index contributed by atoms with van der Waals surface area (Å²) in [5.74, 6) is -0.524. The summed E-state index contributed by atoms with van der Waals surface area (Å²) in [5.41, 5.74) is 1.07. The van der Waals surface area contributed by atoms with Gasteiger partial charge in [-0.15, -0.1) is 0 Å². The Kier molecular flexibility index (Phi) is 7.82. The molecule has 196 valence electrons. The number of ether oxygens (including phenoxy) is 1. The van der Waals surface area contributed by atoms with Gasteiger partial charge in [-0.2, -0.15) is 4.98 Å². The first-order valence-corrected chi connectivity index (χ1v) is 12.4. The number of aliphatic carboxylic acids is 1. The number of likely N-dealkylation sites (N-methyl/N-ethyl adjacent to an activating group) is 1. The highest BCUT2D eigenvalue weighted by Crippen LogP contribution is 2.29. The predicted octanol–water partition coefficient (Wildman–Crippen LogP) is 3.20. The summed E-state index contributed by atoms with van der Waals surface area (Å²) in [5, 5.41) is 16.0. The Morgan fingerprint density at radius 1 is 1.24 bits per heavy atom. The number of benzene rings is 1. The van der Waals surface area contributed by atoms with Crippen LogP contribution in [0.4, 0.5) is 17.5 Å². The molecule has 37 heavy (non-hydrogen) atoms. The highest BCUT2D eigenvalue weighted by Gasteiger charge is 2.26. The van der Waals surface area contributed by atoms with Crippen molar-refractivity contribution in [2.45, 2.75) is 32.7 Å². The molecule has 1 aliphatic rings. The Morgan fingerprint density at radius 2 is 1.97 bits per heavy atom. The zero-order chi connectivity index (χ0) is 26.7. The lowest BCUT2D eigenvalue weighted by Gasteiger charge is -2.30. The number of aromatic nitrogens is 3. The van der Waals surface area contributed by atoms with Crippen LogP contribution in [-0.4, -0.2) is 58.3 Å². The molecule has 0 spiro atoms. The van der Waals surface area contributed by atoms with E-state index < -0.39 is 5.97 Å². The number of carboxylic acids is 1. The second-order valence-electron chi connectivity index (χ2n) is 9.10. The van der Waals surface area contributed by atoms with Gasteiger partial charge in [0, 0.05) is 37.3 Å². The SMILES string of the molecule is CNC(=O)COc1cc2cc(Nc3nc(N4CCC(C(=O)O)CC4)ncc3Cl)ccc2n(C(C)C)c1=O. The summed E-state index contributed by atoms with van der Waals surface area (Å²) >= 11 is 6.38. The number of piperidine rings is 1. The summed E-state index contributed by atoms with van der Waals surface area (Å²) < 4.78 is 7.14. The molecule has 1 aromatic carbocycles. The molecule has 3 N–H and O–H groups in total. The van der Waals surface area contributed by atoms with Crippen LogP contribution in [0.15, 0.2) is 35.3 Å². The van der Waals surface area contributed by atoms with E-state index in [1.165, 1.54) is 13.2 Å². The quantitative estimate of drug-likeness (QED) is 0.402. The molecule has 1 amide bonds. The molecule has 3 heterocycles. The van der Waals surface area contributed by atoms with Gasteiger partial charge < -0.3 is 29.9 Å². The van der Waals surface area contributed by atoms with Crippen molar-refractivity contribution in [3.8, 4) is 5.75 Å². The van der Waals surface area contributed by atoms with Crippen LogP contribution in [0.1, 0.15) is 32.7 Å². The van der Waals surface area contributed by atoms with Crippen LogP contribution in [0.25, 0.3) is 10.9 Å². The first-order chi connectivity index (χ1) is 17.7. The molecule has 1 saturated heterocycles. The topological polar surface area (TPSA) is 139 Å². The molecule has 0 aliphatic carbocycles. The van der Waals surface area contributed by atoms with Crippen molar-refractivity contribution in [3.63, 3.8) is 0 Å². The summed E-state index contributed by atoms with van der Waals surface area (Å²) in [7, 11) is 1.50. The van der Waals surface area contributed by atoms with Crippen LogP contribution in [-0.2, 0) is 9.59 Å². The van der Waals surface area contributed by atoms with Crippen LogP contribution in [0.5, 0.6) is 5.75 Å². The fraction of sp³-hybridized carbons (Fsp3) is 0.400. The molecule has 1 aliphatic heterocycles. The minimum Gasteiger partial charge on any atom is -0.481 e. The Bertz CT molecular complexity index is 1380. The Labute approximate surface area is 218 Å². The van der Waals surface area contributed by atoms with Gasteiger partial charge >= 0.3 is 5.97 Å². The highest BCUT2D eigenvalue weighted by molar-refractivity contribution is 6.32. The van der Waals surface area contributed by atoms with Crippen molar-refractivity contribution in [2.24, 2.45) is 5.92 Å². The average molecular weight is 529 g/mol. The number of carbonyl (C=O) groups is 2. The molecule has 3 aromatic rings. The summed E-state index contributed by atoms with van der Waals surface area (Å²) in [4.78, 5) is 46.8. The second-order valence-corrected chi connectivity index (χ2v) is 9.51. The smallest absolute Gasteiger partial charge is 0.306 e. The number of anilines is 3. The molecule has 0 atom stereocenters. The molecule has 1 fully saturated rings. The highest BCUT2D eigenvalue weighted by atomic mass is 35.5. The van der Waals surface area contributed by atoms with Crippen LogP contribution in [0.3, 0.4) is 0 Å². The van der Waals surface area contributed by atoms with Gasteiger partial charge in [0.1, 0.15) is 5.02 Å². The molecule has 12 heteroatoms. The minimum absolute atomic E-state index is 0.0778. The summed E-state index contributed by atoms with van der Waals surface area (Å²) in [6.07, 6.45) is 2.56. The number of carboxylic acid groups (broad SMARTS) is 1. The molecule has 0 radical (unpaired) electrons. The number of pyridine rings is 1. The fourth-order valence-corrected chi connectivity index (χ4v) is 4.43. The van der Waals surface area contributed by atoms with E-state index in [2.05, 4.69) is 20.6 Å². The number of amides is 1. The van der Waals surface area contributed by atoms with Gasteiger partial charge in [0.25, 0.3) is 11.5 Å². The summed E-state index contributed by atoms with van der Waals surface area (Å²) in [6, 6.07) is 6.97. The first-order valence-electron chi connectivity index (χ1n) is 12.0. The van der Waals surface area contributed by atoms with E-state index in [9.17, 15) is 19.5 Å². The molecule has 4 rings (SSSR count). The van der Waals surface area contributed by atoms with Crippen molar-refractivity contribution in [3.05, 3.63) is 45.8 Å². The number of halogens is 1. The van der Waals surface area contributed by atoms with Gasteiger partial charge in [0.15, 0.2) is 18.2 Å². The first kappa shape index (κ1) is 26.2. The zero-order valence-corrected chi connectivity index (χ0v) is 21.6. The monoisotopic (exact) mass is 528 g/mol. The van der Waals surface area contributed by atoms with E-state index in [0.717, 1.165) is 5.39 Å². The van der Waals surface area contributed by atoms with Crippen LogP contribution in [0, 0.1) is 5.92 Å². The normalized spacial score (nSPS) is 14.1. The maximum Gasteiger partial charge on any atom is 0.306 e. The van der Waals surface area contributed by atoms with Gasteiger partial charge in [-0.25, -0.2) is 4.98 Å². The van der Waals surface area contributed by atoms with Crippen molar-refractivity contribution >= 4 is 51.8 Å². The molecular formula is C25H29ClN6O5. The van der Waals surface area contributed by atoms with Crippen molar-refractivity contribution in [1.82, 2.24) is 19.9 Å². The van der Waals surface area contributed by atoms with E-state index in [-0.39, 0.29) is 35.8 Å². The third-order valence-electron chi connectivity index (χ3n) is 6.28. The fourth-order valence-electron chi connectivity index (χ4n) is 4.29. The third kappa shape index (κ3) is 5.77. The number of hydrogen-bond donors (Lipinski definition) is 3. The number of carbonyl (C=O) groups excluding carboxylic acids is 1. The van der Waals surface area contributed by atoms with E-state index in [1.54, 1.807) is 10.6 Å². The largest absolute Gasteiger partial charge is 0.481 e. The van der Waals surface area contributed by atoms with E-state index in [4.69, 9.17) is 16.3 Å². The molecule has 0 bridgehead atoms. The molecular weight excluding hydrogens is 500 g/mol. The standard InChI is InChI=1S/C25H29ClN6O5/c1-14(2)32-19-5-4-17(10-16(19)11-20(23(32)34)37-13-21(33)27-3)29-22-18(26)12-28-25(30-22)31-8-6-15(7-9-31)24(35)36/h4-5,10-12,14-15H,6-9,13H2,1-3H3,(H,27,33)(H,35,36)(H,28,29,30). The van der Waals surface area contributed by atoms with E-state index >= 15 is 0 Å². The number of rotatable bonds is 8. The predicted molar refractivity (Wildman–Crippen MR) is 141 cm³/mol. The van der Waals surface area contributed by atoms with Gasteiger partial charge in [0.05, 0.1) is 17.6 Å². The van der Waals surface area contributed by atoms with Gasteiger partial charge in [-0.3, -0.25) is 14.4 Å². The Balaban J connectivity index is 1.63. The number of hydrogen-bond acceptors (Lipinski definition) is 8. The molecule has 0 unspecified atom stereocenters. The number of fused-ring (bicyclic) bond motifs is 1. The molecule has 11 nitrogen and oxygen atoms in total. The third-order valence-corrected chi connectivity index (χ3v) is 6.56. The lowest BCUT2D eigenvalue weighted by molar-refractivity contribution is -0.142. The van der Waals surface area contributed by atoms with Crippen LogP contribution >= 0.6 is 11.6 Å². The maximum absolute atomic E-state index is 13.0. The van der Waals surface area contributed by atoms with Crippen LogP contribution < -0.4 is 25.8 Å². The minimum atomic E-state index is -0.777. The number of nitrogens with one attached hydrogen (secondary N) is 2. The van der Waals surface area contributed by atoms with Crippen molar-refractivity contribution in [2.75, 3.05) is 37.0 Å². The van der Waals surface area contributed by atoms with Crippen molar-refractivity contribution in [1.29, 1.82) is 0 Å². The lowest BCUT2D eigenvalue weighted by Crippen LogP contribution is -2.37. The molecule has 0 saturated carbocycles. The van der Waals surface area contributed by atoms with E-state index in [1.807, 2.05) is 36.9 Å². The van der Waals surface area contributed by atoms with Gasteiger partial charge in [-0.05, 0) is 51.0 Å². The lowest BCUT2D eigenvalue weighted by atomic mass is 9.97. The second kappa shape index (κ2) is 11.0. The zero-order valence-electron chi connectivity index (χ0n) is 20.8. The summed E-state index contributed by atoms with van der Waals surface area (Å²) in [6.45, 7) is 4.61.